The van der Waals surface area contributed by atoms with E-state index in [2.05, 4.69) is 4.37 Å². The highest BCUT2D eigenvalue weighted by atomic mass is 32.1. The Kier molecular flexibility index (Phi) is 2.42. The summed E-state index contributed by atoms with van der Waals surface area (Å²) in [6.07, 6.45) is 4.38. The zero-order valence-corrected chi connectivity index (χ0v) is 7.88. The van der Waals surface area contributed by atoms with Gasteiger partial charge in [-0.05, 0) is 42.2 Å². The SMILES string of the molecule is NCCc1cnsc1-c1ccco1. The summed E-state index contributed by atoms with van der Waals surface area (Å²) in [5.74, 6) is 0.881. The third kappa shape index (κ3) is 1.64. The van der Waals surface area contributed by atoms with Crippen LogP contribution in [0.2, 0.25) is 0 Å². The molecule has 68 valence electrons. The Hall–Kier alpha value is -1.13. The van der Waals surface area contributed by atoms with Crippen LogP contribution in [0, 0.1) is 0 Å². The first-order valence-electron chi connectivity index (χ1n) is 4.09. The van der Waals surface area contributed by atoms with E-state index in [0.717, 1.165) is 17.1 Å². The maximum Gasteiger partial charge on any atom is 0.145 e. The van der Waals surface area contributed by atoms with Crippen LogP contribution in [0.25, 0.3) is 10.6 Å². The number of nitrogens with zero attached hydrogens (tertiary/aromatic N) is 1. The van der Waals surface area contributed by atoms with Crippen molar-refractivity contribution >= 4 is 11.5 Å². The highest BCUT2D eigenvalue weighted by molar-refractivity contribution is 7.09. The first-order chi connectivity index (χ1) is 6.42. The summed E-state index contributed by atoms with van der Waals surface area (Å²) in [6, 6.07) is 3.81. The molecule has 0 aliphatic rings. The van der Waals surface area contributed by atoms with Crippen LogP contribution in [0.5, 0.6) is 0 Å². The maximum absolute atomic E-state index is 5.49. The third-order valence-electron chi connectivity index (χ3n) is 1.80. The molecule has 0 spiro atoms. The molecule has 0 aliphatic heterocycles. The molecule has 2 heterocycles. The van der Waals surface area contributed by atoms with E-state index < -0.39 is 0 Å². The molecule has 4 heteroatoms. The number of rotatable bonds is 3. The van der Waals surface area contributed by atoms with Gasteiger partial charge >= 0.3 is 0 Å². The Balaban J connectivity index is 2.35. The number of nitrogens with two attached hydrogens (primary N) is 1. The summed E-state index contributed by atoms with van der Waals surface area (Å²) in [6.45, 7) is 0.645. The van der Waals surface area contributed by atoms with Gasteiger partial charge < -0.3 is 10.2 Å². The highest BCUT2D eigenvalue weighted by Crippen LogP contribution is 2.27. The number of hydrogen-bond donors (Lipinski definition) is 1. The fraction of sp³-hybridized carbons (Fsp3) is 0.222. The molecule has 0 radical (unpaired) electrons. The Morgan fingerprint density at radius 1 is 1.54 bits per heavy atom. The van der Waals surface area contributed by atoms with E-state index in [1.54, 1.807) is 6.26 Å². The van der Waals surface area contributed by atoms with Crippen molar-refractivity contribution in [2.45, 2.75) is 6.42 Å². The molecule has 2 aromatic rings. The lowest BCUT2D eigenvalue weighted by atomic mass is 10.2. The van der Waals surface area contributed by atoms with Crippen LogP contribution in [-0.4, -0.2) is 10.9 Å². The molecule has 0 fully saturated rings. The lowest BCUT2D eigenvalue weighted by molar-refractivity contribution is 0.583. The van der Waals surface area contributed by atoms with E-state index in [9.17, 15) is 0 Å². The second-order valence-electron chi connectivity index (χ2n) is 2.70. The van der Waals surface area contributed by atoms with Crippen molar-refractivity contribution in [3.05, 3.63) is 30.2 Å². The molecule has 0 unspecified atom stereocenters. The van der Waals surface area contributed by atoms with Crippen molar-refractivity contribution in [3.63, 3.8) is 0 Å². The number of aromatic nitrogens is 1. The summed E-state index contributed by atoms with van der Waals surface area (Å²) < 4.78 is 9.42. The van der Waals surface area contributed by atoms with Crippen LogP contribution in [0.4, 0.5) is 0 Å². The Bertz CT molecular complexity index is 367. The van der Waals surface area contributed by atoms with Gasteiger partial charge in [-0.15, -0.1) is 0 Å². The average molecular weight is 194 g/mol. The highest BCUT2D eigenvalue weighted by Gasteiger charge is 2.09. The molecule has 13 heavy (non-hydrogen) atoms. The summed E-state index contributed by atoms with van der Waals surface area (Å²) in [7, 11) is 0. The van der Waals surface area contributed by atoms with Crippen molar-refractivity contribution in [1.82, 2.24) is 4.37 Å². The predicted molar refractivity (Wildman–Crippen MR) is 52.6 cm³/mol. The topological polar surface area (TPSA) is 52.0 Å². The molecule has 0 atom stereocenters. The minimum Gasteiger partial charge on any atom is -0.463 e. The van der Waals surface area contributed by atoms with Crippen molar-refractivity contribution in [2.75, 3.05) is 6.54 Å². The zero-order valence-electron chi connectivity index (χ0n) is 7.06. The quantitative estimate of drug-likeness (QED) is 0.812. The average Bonchev–Trinajstić information content (AvgIpc) is 2.71. The fourth-order valence-electron chi connectivity index (χ4n) is 1.20. The van der Waals surface area contributed by atoms with Crippen molar-refractivity contribution in [3.8, 4) is 10.6 Å². The molecule has 0 saturated heterocycles. The van der Waals surface area contributed by atoms with Crippen molar-refractivity contribution in [2.24, 2.45) is 5.73 Å². The Labute approximate surface area is 80.4 Å². The summed E-state index contributed by atoms with van der Waals surface area (Å²) >= 11 is 1.45. The molecule has 0 saturated carbocycles. The molecule has 2 N–H and O–H groups in total. The molecule has 0 aliphatic carbocycles. The van der Waals surface area contributed by atoms with Gasteiger partial charge in [-0.3, -0.25) is 0 Å². The van der Waals surface area contributed by atoms with Gasteiger partial charge in [0.2, 0.25) is 0 Å². The predicted octanol–water partition coefficient (Wildman–Crippen LogP) is 1.90. The van der Waals surface area contributed by atoms with Crippen molar-refractivity contribution < 1.29 is 4.42 Å². The minimum atomic E-state index is 0.645. The van der Waals surface area contributed by atoms with E-state index in [1.165, 1.54) is 17.1 Å². The first kappa shape index (κ1) is 8.47. The third-order valence-corrected chi connectivity index (χ3v) is 2.66. The normalized spacial score (nSPS) is 10.5. The molecule has 0 bridgehead atoms. The second-order valence-corrected chi connectivity index (χ2v) is 3.50. The van der Waals surface area contributed by atoms with E-state index in [0.29, 0.717) is 6.54 Å². The molecular weight excluding hydrogens is 184 g/mol. The molecule has 2 rings (SSSR count). The summed E-state index contributed by atoms with van der Waals surface area (Å²) in [5.41, 5.74) is 6.66. The van der Waals surface area contributed by atoms with E-state index in [4.69, 9.17) is 10.2 Å². The van der Waals surface area contributed by atoms with Crippen LogP contribution in [0.3, 0.4) is 0 Å². The van der Waals surface area contributed by atoms with E-state index >= 15 is 0 Å². The van der Waals surface area contributed by atoms with Crippen molar-refractivity contribution in [1.29, 1.82) is 0 Å². The van der Waals surface area contributed by atoms with Gasteiger partial charge in [0, 0.05) is 6.20 Å². The van der Waals surface area contributed by atoms with Gasteiger partial charge in [-0.2, -0.15) is 0 Å². The molecular formula is C9H10N2OS. The summed E-state index contributed by atoms with van der Waals surface area (Å²) in [4.78, 5) is 1.09. The van der Waals surface area contributed by atoms with Crippen LogP contribution in [0.15, 0.2) is 29.0 Å². The number of hydrogen-bond acceptors (Lipinski definition) is 4. The van der Waals surface area contributed by atoms with E-state index in [-0.39, 0.29) is 0 Å². The van der Waals surface area contributed by atoms with Crippen LogP contribution < -0.4 is 5.73 Å². The monoisotopic (exact) mass is 194 g/mol. The molecule has 0 amide bonds. The zero-order chi connectivity index (χ0) is 9.10. The lowest BCUT2D eigenvalue weighted by Crippen LogP contribution is -2.02. The largest absolute Gasteiger partial charge is 0.463 e. The Morgan fingerprint density at radius 3 is 3.15 bits per heavy atom. The lowest BCUT2D eigenvalue weighted by Gasteiger charge is -1.95. The molecule has 2 aromatic heterocycles. The molecule has 3 nitrogen and oxygen atoms in total. The van der Waals surface area contributed by atoms with Gasteiger partial charge in [-0.25, -0.2) is 4.37 Å². The van der Waals surface area contributed by atoms with Crippen LogP contribution in [-0.2, 0) is 6.42 Å². The van der Waals surface area contributed by atoms with Gasteiger partial charge in [0.05, 0.1) is 11.1 Å². The smallest absolute Gasteiger partial charge is 0.145 e. The van der Waals surface area contributed by atoms with Gasteiger partial charge in [-0.1, -0.05) is 0 Å². The second kappa shape index (κ2) is 3.72. The molecule has 0 aromatic carbocycles. The van der Waals surface area contributed by atoms with Crippen LogP contribution >= 0.6 is 11.5 Å². The van der Waals surface area contributed by atoms with Crippen LogP contribution in [0.1, 0.15) is 5.56 Å². The number of furan rings is 1. The minimum absolute atomic E-state index is 0.645. The first-order valence-corrected chi connectivity index (χ1v) is 4.86. The summed E-state index contributed by atoms with van der Waals surface area (Å²) in [5, 5.41) is 0. The van der Waals surface area contributed by atoms with Gasteiger partial charge in [0.15, 0.2) is 0 Å². The van der Waals surface area contributed by atoms with Gasteiger partial charge in [0.25, 0.3) is 0 Å². The fourth-order valence-corrected chi connectivity index (χ4v) is 1.97. The maximum atomic E-state index is 5.49. The standard InChI is InChI=1S/C9H10N2OS/c10-4-3-7-6-11-13-9(7)8-2-1-5-12-8/h1-2,5-6H,3-4,10H2. The van der Waals surface area contributed by atoms with Gasteiger partial charge in [0.1, 0.15) is 5.76 Å². The Morgan fingerprint density at radius 2 is 2.46 bits per heavy atom. The van der Waals surface area contributed by atoms with E-state index in [1.807, 2.05) is 18.3 Å².